The summed E-state index contributed by atoms with van der Waals surface area (Å²) >= 11 is 0. The van der Waals surface area contributed by atoms with Crippen molar-refractivity contribution in [3.63, 3.8) is 0 Å². The van der Waals surface area contributed by atoms with E-state index in [9.17, 15) is 9.59 Å². The van der Waals surface area contributed by atoms with E-state index in [4.69, 9.17) is 5.73 Å². The predicted octanol–water partition coefficient (Wildman–Crippen LogP) is 1.83. The summed E-state index contributed by atoms with van der Waals surface area (Å²) in [6.45, 7) is 3.72. The molecule has 1 aromatic heterocycles. The van der Waals surface area contributed by atoms with E-state index in [0.717, 1.165) is 11.3 Å². The number of carbonyl (C=O) groups is 1. The highest BCUT2D eigenvalue weighted by Crippen LogP contribution is 2.19. The highest BCUT2D eigenvalue weighted by molar-refractivity contribution is 5.98. The first-order chi connectivity index (χ1) is 8.97. The summed E-state index contributed by atoms with van der Waals surface area (Å²) in [4.78, 5) is 25.7. The molecule has 0 aliphatic rings. The second-order valence-electron chi connectivity index (χ2n) is 4.43. The Morgan fingerprint density at radius 3 is 2.42 bits per heavy atom. The summed E-state index contributed by atoms with van der Waals surface area (Å²) in [6.07, 6.45) is 0. The van der Waals surface area contributed by atoms with Gasteiger partial charge >= 0.3 is 0 Å². The van der Waals surface area contributed by atoms with Crippen molar-refractivity contribution >= 4 is 17.3 Å². The van der Waals surface area contributed by atoms with E-state index < -0.39 is 11.5 Å². The van der Waals surface area contributed by atoms with Crippen molar-refractivity contribution in [2.24, 2.45) is 5.73 Å². The number of H-pyrrole nitrogens is 1. The maximum absolute atomic E-state index is 11.8. The number of hydrogen-bond acceptors (Lipinski definition) is 3. The van der Waals surface area contributed by atoms with E-state index in [1.165, 1.54) is 0 Å². The van der Waals surface area contributed by atoms with Crippen molar-refractivity contribution in [2.75, 3.05) is 5.32 Å². The number of amides is 1. The van der Waals surface area contributed by atoms with E-state index in [1.54, 1.807) is 13.0 Å². The summed E-state index contributed by atoms with van der Waals surface area (Å²) in [5.74, 6) is -0.754. The van der Waals surface area contributed by atoms with Gasteiger partial charge in [0, 0.05) is 11.4 Å². The fourth-order valence-electron chi connectivity index (χ4n) is 1.82. The lowest BCUT2D eigenvalue weighted by molar-refractivity contribution is 0.0999. The number of primary amides is 1. The largest absolute Gasteiger partial charge is 0.365 e. The molecule has 0 atom stereocenters. The molecular formula is C14H15N3O2. The minimum Gasteiger partial charge on any atom is -0.365 e. The number of aromatic nitrogens is 1. The molecule has 98 valence electrons. The SMILES string of the molecule is Cc1ccc(Nc2cc(C)[nH]c(=O)c2C(N)=O)cc1. The van der Waals surface area contributed by atoms with Crippen molar-refractivity contribution in [1.29, 1.82) is 0 Å². The molecule has 2 rings (SSSR count). The Hall–Kier alpha value is -2.56. The molecule has 5 nitrogen and oxygen atoms in total. The maximum atomic E-state index is 11.8. The molecule has 0 bridgehead atoms. The number of benzene rings is 1. The number of rotatable bonds is 3. The Bertz CT molecular complexity index is 672. The van der Waals surface area contributed by atoms with Crippen LogP contribution in [0.4, 0.5) is 11.4 Å². The van der Waals surface area contributed by atoms with Gasteiger partial charge in [0.1, 0.15) is 5.56 Å². The molecule has 4 N–H and O–H groups in total. The molecule has 0 saturated heterocycles. The summed E-state index contributed by atoms with van der Waals surface area (Å²) in [7, 11) is 0. The molecule has 19 heavy (non-hydrogen) atoms. The molecule has 0 spiro atoms. The number of carbonyl (C=O) groups excluding carboxylic acids is 1. The predicted molar refractivity (Wildman–Crippen MR) is 74.8 cm³/mol. The second kappa shape index (κ2) is 4.97. The zero-order valence-corrected chi connectivity index (χ0v) is 10.8. The summed E-state index contributed by atoms with van der Waals surface area (Å²) < 4.78 is 0. The monoisotopic (exact) mass is 257 g/mol. The Morgan fingerprint density at radius 2 is 1.84 bits per heavy atom. The number of hydrogen-bond donors (Lipinski definition) is 3. The third-order valence-corrected chi connectivity index (χ3v) is 2.74. The lowest BCUT2D eigenvalue weighted by atomic mass is 10.1. The molecule has 1 heterocycles. The topological polar surface area (TPSA) is 88.0 Å². The van der Waals surface area contributed by atoms with Crippen molar-refractivity contribution in [2.45, 2.75) is 13.8 Å². The van der Waals surface area contributed by atoms with Gasteiger partial charge in [-0.2, -0.15) is 0 Å². The molecule has 5 heteroatoms. The minimum absolute atomic E-state index is 0.0637. The molecule has 0 aliphatic carbocycles. The molecule has 1 amide bonds. The second-order valence-corrected chi connectivity index (χ2v) is 4.43. The molecule has 0 fully saturated rings. The quantitative estimate of drug-likeness (QED) is 0.783. The van der Waals surface area contributed by atoms with Gasteiger partial charge < -0.3 is 16.0 Å². The fraction of sp³-hybridized carbons (Fsp3) is 0.143. The average Bonchev–Trinajstić information content (AvgIpc) is 2.30. The fourth-order valence-corrected chi connectivity index (χ4v) is 1.82. The molecule has 1 aromatic carbocycles. The Balaban J connectivity index is 2.47. The van der Waals surface area contributed by atoms with E-state index >= 15 is 0 Å². The number of aryl methyl sites for hydroxylation is 2. The number of pyridine rings is 1. The van der Waals surface area contributed by atoms with Crippen LogP contribution in [0.15, 0.2) is 35.1 Å². The van der Waals surface area contributed by atoms with Gasteiger partial charge in [-0.1, -0.05) is 17.7 Å². The van der Waals surface area contributed by atoms with Gasteiger partial charge in [0.15, 0.2) is 0 Å². The summed E-state index contributed by atoms with van der Waals surface area (Å²) in [5.41, 5.74) is 7.69. The highest BCUT2D eigenvalue weighted by atomic mass is 16.2. The third-order valence-electron chi connectivity index (χ3n) is 2.74. The molecule has 0 saturated carbocycles. The summed E-state index contributed by atoms with van der Waals surface area (Å²) in [6, 6.07) is 9.30. The van der Waals surface area contributed by atoms with Crippen molar-refractivity contribution in [3.8, 4) is 0 Å². The number of nitrogens with one attached hydrogen (secondary N) is 2. The van der Waals surface area contributed by atoms with E-state index in [1.807, 2.05) is 31.2 Å². The van der Waals surface area contributed by atoms with Crippen molar-refractivity contribution < 1.29 is 4.79 Å². The van der Waals surface area contributed by atoms with Crippen LogP contribution in [0, 0.1) is 13.8 Å². The van der Waals surface area contributed by atoms with Crippen LogP contribution in [0.2, 0.25) is 0 Å². The molecule has 0 unspecified atom stereocenters. The van der Waals surface area contributed by atoms with Gasteiger partial charge in [-0.15, -0.1) is 0 Å². The van der Waals surface area contributed by atoms with Crippen LogP contribution >= 0.6 is 0 Å². The standard InChI is InChI=1S/C14H15N3O2/c1-8-3-5-10(6-4-8)17-11-7-9(2)16-14(19)12(11)13(15)18/h3-7H,1-2H3,(H2,15,18)(H2,16,17,19). The third kappa shape index (κ3) is 2.82. The lowest BCUT2D eigenvalue weighted by Gasteiger charge is -2.10. The lowest BCUT2D eigenvalue weighted by Crippen LogP contribution is -2.25. The molecular weight excluding hydrogens is 242 g/mol. The molecule has 0 radical (unpaired) electrons. The number of nitrogens with two attached hydrogens (primary N) is 1. The number of anilines is 2. The zero-order chi connectivity index (χ0) is 14.0. The average molecular weight is 257 g/mol. The first-order valence-electron chi connectivity index (χ1n) is 5.85. The van der Waals surface area contributed by atoms with Gasteiger partial charge in [-0.25, -0.2) is 0 Å². The van der Waals surface area contributed by atoms with E-state index in [2.05, 4.69) is 10.3 Å². The molecule has 2 aromatic rings. The Kier molecular flexibility index (Phi) is 3.37. The smallest absolute Gasteiger partial charge is 0.263 e. The van der Waals surface area contributed by atoms with Gasteiger partial charge in [0.25, 0.3) is 11.5 Å². The van der Waals surface area contributed by atoms with Crippen LogP contribution < -0.4 is 16.6 Å². The van der Waals surface area contributed by atoms with Crippen LogP contribution in [0.1, 0.15) is 21.6 Å². The van der Waals surface area contributed by atoms with Crippen molar-refractivity contribution in [3.05, 3.63) is 57.5 Å². The summed E-state index contributed by atoms with van der Waals surface area (Å²) in [5, 5.41) is 3.04. The Labute approximate surface area is 110 Å². The van der Waals surface area contributed by atoms with Gasteiger partial charge in [-0.3, -0.25) is 9.59 Å². The molecule has 0 aliphatic heterocycles. The van der Waals surface area contributed by atoms with Crippen LogP contribution in [0.3, 0.4) is 0 Å². The van der Waals surface area contributed by atoms with Gasteiger partial charge in [0.05, 0.1) is 5.69 Å². The van der Waals surface area contributed by atoms with Crippen LogP contribution in [0.5, 0.6) is 0 Å². The van der Waals surface area contributed by atoms with Gasteiger partial charge in [0.2, 0.25) is 0 Å². The number of aromatic amines is 1. The maximum Gasteiger partial charge on any atom is 0.263 e. The van der Waals surface area contributed by atoms with E-state index in [-0.39, 0.29) is 5.56 Å². The Morgan fingerprint density at radius 1 is 1.21 bits per heavy atom. The zero-order valence-electron chi connectivity index (χ0n) is 10.8. The van der Waals surface area contributed by atoms with Crippen molar-refractivity contribution in [1.82, 2.24) is 4.98 Å². The van der Waals surface area contributed by atoms with Gasteiger partial charge in [-0.05, 0) is 32.0 Å². The normalized spacial score (nSPS) is 10.2. The van der Waals surface area contributed by atoms with Crippen LogP contribution in [-0.4, -0.2) is 10.9 Å². The first-order valence-corrected chi connectivity index (χ1v) is 5.85. The van der Waals surface area contributed by atoms with Crippen LogP contribution in [-0.2, 0) is 0 Å². The highest BCUT2D eigenvalue weighted by Gasteiger charge is 2.14. The van der Waals surface area contributed by atoms with E-state index in [0.29, 0.717) is 11.4 Å². The first kappa shape index (κ1) is 12.9. The minimum atomic E-state index is -0.754. The van der Waals surface area contributed by atoms with Crippen LogP contribution in [0.25, 0.3) is 0 Å².